The molecule has 1 amide bonds. The van der Waals surface area contributed by atoms with Crippen LogP contribution in [0.4, 0.5) is 5.13 Å². The number of anilines is 1. The lowest BCUT2D eigenvalue weighted by Crippen LogP contribution is -2.07. The first kappa shape index (κ1) is 14.9. The van der Waals surface area contributed by atoms with Gasteiger partial charge in [-0.25, -0.2) is 0 Å². The highest BCUT2D eigenvalue weighted by molar-refractivity contribution is 7.15. The second kappa shape index (κ2) is 6.40. The van der Waals surface area contributed by atoms with Crippen LogP contribution in [0.1, 0.15) is 54.7 Å². The highest BCUT2D eigenvalue weighted by atomic mass is 32.1. The van der Waals surface area contributed by atoms with Crippen LogP contribution in [0.2, 0.25) is 0 Å². The number of nitrogens with one attached hydrogen (secondary N) is 1. The molecule has 4 nitrogen and oxygen atoms in total. The van der Waals surface area contributed by atoms with Gasteiger partial charge in [-0.3, -0.25) is 10.1 Å². The Kier molecular flexibility index (Phi) is 4.34. The van der Waals surface area contributed by atoms with Gasteiger partial charge in [-0.2, -0.15) is 0 Å². The van der Waals surface area contributed by atoms with E-state index in [2.05, 4.69) is 41.5 Å². The molecule has 1 N–H and O–H groups in total. The third kappa shape index (κ3) is 3.80. The van der Waals surface area contributed by atoms with Crippen molar-refractivity contribution in [1.82, 2.24) is 10.2 Å². The second-order valence-corrected chi connectivity index (χ2v) is 6.87. The van der Waals surface area contributed by atoms with Crippen molar-refractivity contribution >= 4 is 28.5 Å². The van der Waals surface area contributed by atoms with E-state index in [1.165, 1.54) is 35.8 Å². The molecule has 3 rings (SSSR count). The van der Waals surface area contributed by atoms with Crippen molar-refractivity contribution in [2.24, 2.45) is 0 Å². The van der Waals surface area contributed by atoms with Crippen LogP contribution in [-0.2, 0) is 4.79 Å². The number of rotatable bonds is 5. The van der Waals surface area contributed by atoms with Crippen molar-refractivity contribution in [3.05, 3.63) is 46.5 Å². The topological polar surface area (TPSA) is 54.9 Å². The van der Waals surface area contributed by atoms with Gasteiger partial charge in [-0.1, -0.05) is 49.4 Å². The lowest BCUT2D eigenvalue weighted by atomic mass is 10.0. The Bertz CT molecular complexity index is 684. The monoisotopic (exact) mass is 313 g/mol. The molecule has 1 aromatic heterocycles. The number of carbonyl (C=O) groups excluding carboxylic acids is 1. The summed E-state index contributed by atoms with van der Waals surface area (Å²) in [6.45, 7) is 4.33. The molecule has 1 aliphatic rings. The second-order valence-electron chi connectivity index (χ2n) is 5.86. The molecule has 114 valence electrons. The van der Waals surface area contributed by atoms with Gasteiger partial charge in [0.15, 0.2) is 0 Å². The number of hydrogen-bond donors (Lipinski definition) is 1. The van der Waals surface area contributed by atoms with Gasteiger partial charge in [-0.05, 0) is 36.0 Å². The minimum absolute atomic E-state index is 0.175. The zero-order chi connectivity index (χ0) is 15.5. The molecule has 2 aromatic rings. The fraction of sp³-hybridized carbons (Fsp3) is 0.353. The fourth-order valence-corrected chi connectivity index (χ4v) is 3.01. The van der Waals surface area contributed by atoms with E-state index in [9.17, 15) is 4.79 Å². The Labute approximate surface area is 134 Å². The Morgan fingerprint density at radius 2 is 2.00 bits per heavy atom. The van der Waals surface area contributed by atoms with Crippen LogP contribution in [0.15, 0.2) is 30.3 Å². The molecule has 0 spiro atoms. The molecule has 0 bridgehead atoms. The van der Waals surface area contributed by atoms with E-state index < -0.39 is 0 Å². The van der Waals surface area contributed by atoms with Crippen LogP contribution >= 0.6 is 11.3 Å². The van der Waals surface area contributed by atoms with E-state index in [-0.39, 0.29) is 5.91 Å². The summed E-state index contributed by atoms with van der Waals surface area (Å²) >= 11 is 1.47. The Hall–Kier alpha value is -2.01. The van der Waals surface area contributed by atoms with E-state index >= 15 is 0 Å². The molecular weight excluding hydrogens is 294 g/mol. The normalized spacial score (nSPS) is 14.7. The summed E-state index contributed by atoms with van der Waals surface area (Å²) in [5, 5.41) is 12.5. The van der Waals surface area contributed by atoms with E-state index in [4.69, 9.17) is 0 Å². The average Bonchev–Trinajstić information content (AvgIpc) is 3.26. The first-order valence-electron chi connectivity index (χ1n) is 7.54. The number of amides is 1. The molecule has 22 heavy (non-hydrogen) atoms. The van der Waals surface area contributed by atoms with Gasteiger partial charge < -0.3 is 0 Å². The van der Waals surface area contributed by atoms with Crippen LogP contribution in [0.3, 0.4) is 0 Å². The quantitative estimate of drug-likeness (QED) is 0.842. The summed E-state index contributed by atoms with van der Waals surface area (Å²) in [4.78, 5) is 11.9. The van der Waals surface area contributed by atoms with Gasteiger partial charge in [0.2, 0.25) is 11.0 Å². The van der Waals surface area contributed by atoms with E-state index in [1.54, 1.807) is 0 Å². The van der Waals surface area contributed by atoms with E-state index in [0.29, 0.717) is 17.0 Å². The molecular formula is C17H19N3OS. The van der Waals surface area contributed by atoms with Gasteiger partial charge in [0, 0.05) is 12.0 Å². The Balaban J connectivity index is 1.57. The third-order valence-electron chi connectivity index (χ3n) is 3.63. The van der Waals surface area contributed by atoms with Gasteiger partial charge in [0.05, 0.1) is 0 Å². The summed E-state index contributed by atoms with van der Waals surface area (Å²) in [6.07, 6.45) is 5.72. The third-order valence-corrected chi connectivity index (χ3v) is 4.63. The summed E-state index contributed by atoms with van der Waals surface area (Å²) in [6, 6.07) is 8.23. The maximum absolute atomic E-state index is 11.9. The van der Waals surface area contributed by atoms with Crippen molar-refractivity contribution in [2.45, 2.75) is 38.5 Å². The Morgan fingerprint density at radius 3 is 2.64 bits per heavy atom. The lowest BCUT2D eigenvalue weighted by molar-refractivity contribution is -0.111. The van der Waals surface area contributed by atoms with Gasteiger partial charge >= 0.3 is 0 Å². The van der Waals surface area contributed by atoms with Crippen LogP contribution in [0.5, 0.6) is 0 Å². The minimum Gasteiger partial charge on any atom is -0.297 e. The highest BCUT2D eigenvalue weighted by Crippen LogP contribution is 2.42. The molecule has 1 saturated carbocycles. The molecule has 0 atom stereocenters. The van der Waals surface area contributed by atoms with Crippen molar-refractivity contribution < 1.29 is 4.79 Å². The minimum atomic E-state index is -0.175. The zero-order valence-corrected chi connectivity index (χ0v) is 13.6. The van der Waals surface area contributed by atoms with Crippen LogP contribution in [0, 0.1) is 0 Å². The first-order valence-corrected chi connectivity index (χ1v) is 8.36. The van der Waals surface area contributed by atoms with Gasteiger partial charge in [-0.15, -0.1) is 10.2 Å². The molecule has 1 heterocycles. The molecule has 0 saturated heterocycles. The lowest BCUT2D eigenvalue weighted by Gasteiger charge is -2.04. The molecule has 1 fully saturated rings. The van der Waals surface area contributed by atoms with Crippen molar-refractivity contribution in [3.63, 3.8) is 0 Å². The predicted molar refractivity (Wildman–Crippen MR) is 90.1 cm³/mol. The maximum atomic E-state index is 11.9. The van der Waals surface area contributed by atoms with Crippen molar-refractivity contribution in [2.75, 3.05) is 5.32 Å². The molecule has 5 heteroatoms. The summed E-state index contributed by atoms with van der Waals surface area (Å²) < 4.78 is 0. The maximum Gasteiger partial charge on any atom is 0.250 e. The van der Waals surface area contributed by atoms with Crippen molar-refractivity contribution in [3.8, 4) is 0 Å². The number of hydrogen-bond acceptors (Lipinski definition) is 4. The fourth-order valence-electron chi connectivity index (χ4n) is 2.09. The first-order chi connectivity index (χ1) is 10.6. The smallest absolute Gasteiger partial charge is 0.250 e. The SMILES string of the molecule is CC(C)c1ccc(/C=C/C(=O)Nc2nnc(C3CC3)s2)cc1. The standard InChI is InChI=1S/C17H19N3OS/c1-11(2)13-6-3-12(4-7-13)5-10-15(21)18-17-20-19-16(22-17)14-8-9-14/h3-7,10-11,14H,8-9H2,1-2H3,(H,18,20,21)/b10-5+. The van der Waals surface area contributed by atoms with Crippen LogP contribution in [-0.4, -0.2) is 16.1 Å². The number of nitrogens with zero attached hydrogens (tertiary/aromatic N) is 2. The summed E-state index contributed by atoms with van der Waals surface area (Å²) in [7, 11) is 0. The molecule has 0 unspecified atom stereocenters. The largest absolute Gasteiger partial charge is 0.297 e. The average molecular weight is 313 g/mol. The van der Waals surface area contributed by atoms with Gasteiger partial charge in [0.25, 0.3) is 0 Å². The Morgan fingerprint density at radius 1 is 1.27 bits per heavy atom. The molecule has 0 radical (unpaired) electrons. The highest BCUT2D eigenvalue weighted by Gasteiger charge is 2.27. The van der Waals surface area contributed by atoms with Crippen LogP contribution in [0.25, 0.3) is 6.08 Å². The summed E-state index contributed by atoms with van der Waals surface area (Å²) in [5.74, 6) is 0.906. The predicted octanol–water partition coefficient (Wildman–Crippen LogP) is 4.19. The van der Waals surface area contributed by atoms with Crippen LogP contribution < -0.4 is 5.32 Å². The van der Waals surface area contributed by atoms with E-state index in [1.807, 2.05) is 18.2 Å². The number of aromatic nitrogens is 2. The van der Waals surface area contributed by atoms with Crippen molar-refractivity contribution in [1.29, 1.82) is 0 Å². The molecule has 1 aromatic carbocycles. The van der Waals surface area contributed by atoms with Gasteiger partial charge in [0.1, 0.15) is 5.01 Å². The number of benzene rings is 1. The molecule has 0 aliphatic heterocycles. The zero-order valence-electron chi connectivity index (χ0n) is 12.7. The van der Waals surface area contributed by atoms with E-state index in [0.717, 1.165) is 10.6 Å². The molecule has 1 aliphatic carbocycles. The number of carbonyl (C=O) groups is 1. The summed E-state index contributed by atoms with van der Waals surface area (Å²) in [5.41, 5.74) is 2.30.